The van der Waals surface area contributed by atoms with Crippen molar-refractivity contribution in [3.8, 4) is 11.1 Å². The zero-order valence-electron chi connectivity index (χ0n) is 18.6. The fourth-order valence-electron chi connectivity index (χ4n) is 3.67. The number of fused-ring (bicyclic) bond motifs is 2. The second kappa shape index (κ2) is 8.90. The van der Waals surface area contributed by atoms with Gasteiger partial charge >= 0.3 is 0 Å². The molecule has 0 radical (unpaired) electrons. The number of hydrogen-bond donors (Lipinski definition) is 2. The van der Waals surface area contributed by atoms with Crippen molar-refractivity contribution < 1.29 is 4.55 Å². The van der Waals surface area contributed by atoms with Gasteiger partial charge in [-0.2, -0.15) is 5.10 Å². The number of para-hydroxylation sites is 1. The van der Waals surface area contributed by atoms with Gasteiger partial charge in [0, 0.05) is 46.2 Å². The van der Waals surface area contributed by atoms with Crippen molar-refractivity contribution in [1.29, 1.82) is 0 Å². The van der Waals surface area contributed by atoms with Crippen molar-refractivity contribution in [1.82, 2.24) is 24.3 Å². The van der Waals surface area contributed by atoms with E-state index in [2.05, 4.69) is 38.5 Å². The molecular formula is C24H28N6OS. The van der Waals surface area contributed by atoms with Gasteiger partial charge in [-0.3, -0.25) is 4.98 Å². The van der Waals surface area contributed by atoms with Crippen LogP contribution in [0.15, 0.2) is 61.6 Å². The molecule has 32 heavy (non-hydrogen) atoms. The molecule has 0 saturated carbocycles. The van der Waals surface area contributed by atoms with E-state index in [1.54, 1.807) is 0 Å². The van der Waals surface area contributed by atoms with Gasteiger partial charge in [0.1, 0.15) is 16.6 Å². The summed E-state index contributed by atoms with van der Waals surface area (Å²) in [7, 11) is 0. The van der Waals surface area contributed by atoms with E-state index in [1.807, 2.05) is 61.8 Å². The first-order valence-electron chi connectivity index (χ1n) is 10.5. The van der Waals surface area contributed by atoms with Crippen molar-refractivity contribution in [2.24, 2.45) is 0 Å². The Balaban J connectivity index is 1.77. The number of aromatic nitrogens is 4. The van der Waals surface area contributed by atoms with Gasteiger partial charge in [-0.25, -0.2) is 9.50 Å². The van der Waals surface area contributed by atoms with Gasteiger partial charge in [0.2, 0.25) is 0 Å². The fraction of sp³-hybridized carbons (Fsp3) is 0.292. The van der Waals surface area contributed by atoms with Crippen LogP contribution in [0.25, 0.3) is 27.5 Å². The second-order valence-electron chi connectivity index (χ2n) is 8.80. The Labute approximate surface area is 191 Å². The average Bonchev–Trinajstić information content (AvgIpc) is 3.12. The highest BCUT2D eigenvalue weighted by Crippen LogP contribution is 2.32. The normalized spacial score (nSPS) is 14.0. The predicted molar refractivity (Wildman–Crippen MR) is 131 cm³/mol. The maximum Gasteiger partial charge on any atom is 0.151 e. The molecule has 0 spiro atoms. The lowest BCUT2D eigenvalue weighted by atomic mass is 10.0. The molecule has 0 fully saturated rings. The molecule has 3 aromatic heterocycles. The summed E-state index contributed by atoms with van der Waals surface area (Å²) in [5.74, 6) is 0.404. The topological polar surface area (TPSA) is 104 Å². The first-order chi connectivity index (χ1) is 15.3. The molecule has 4 aromatic rings. The third kappa shape index (κ3) is 4.48. The van der Waals surface area contributed by atoms with Crippen LogP contribution in [0, 0.1) is 0 Å². The number of pyridine rings is 1. The summed E-state index contributed by atoms with van der Waals surface area (Å²) < 4.78 is 17.4. The number of nitrogens with two attached hydrogens (primary N) is 1. The summed E-state index contributed by atoms with van der Waals surface area (Å²) in [6.45, 7) is 9.72. The zero-order chi connectivity index (χ0) is 22.9. The molecule has 8 heteroatoms. The summed E-state index contributed by atoms with van der Waals surface area (Å²) in [5, 5.41) is 5.52. The number of rotatable bonds is 7. The lowest BCUT2D eigenvalue weighted by Crippen LogP contribution is -2.45. The van der Waals surface area contributed by atoms with E-state index in [1.165, 1.54) is 6.33 Å². The van der Waals surface area contributed by atoms with Gasteiger partial charge in [0.25, 0.3) is 0 Å². The quantitative estimate of drug-likeness (QED) is 0.326. The van der Waals surface area contributed by atoms with E-state index in [4.69, 9.17) is 5.73 Å². The van der Waals surface area contributed by atoms with Crippen LogP contribution >= 0.6 is 0 Å². The van der Waals surface area contributed by atoms with Gasteiger partial charge in [0.15, 0.2) is 5.82 Å². The Bertz CT molecular complexity index is 1260. The lowest BCUT2D eigenvalue weighted by molar-refractivity contribution is 0.513. The van der Waals surface area contributed by atoms with Gasteiger partial charge in [-0.15, -0.1) is 11.3 Å². The molecule has 166 valence electrons. The first-order valence-corrected chi connectivity index (χ1v) is 11.7. The summed E-state index contributed by atoms with van der Waals surface area (Å²) in [5.41, 5.74) is 10.8. The van der Waals surface area contributed by atoms with Crippen molar-refractivity contribution >= 4 is 33.6 Å². The van der Waals surface area contributed by atoms with Crippen LogP contribution in [-0.2, 0) is 17.8 Å². The third-order valence-electron chi connectivity index (χ3n) is 5.29. The number of nitrogens with zero attached hydrogens (tertiary/aromatic N) is 4. The maximum absolute atomic E-state index is 12.7. The van der Waals surface area contributed by atoms with E-state index >= 15 is 0 Å². The smallest absolute Gasteiger partial charge is 0.151 e. The molecule has 7 nitrogen and oxygen atoms in total. The number of hydrogen-bond acceptors (Lipinski definition) is 6. The standard InChI is InChI=1S/C24H28N6OS/c1-5-8-18(29-32(31)24(2,3)4)12-19-13-20(22-23(25)27-15-28-30(19)22)17-11-16-9-6-7-10-21(16)26-14-17/h5-7,9-11,13-15,18,29H,1,8,12H2,2-4H3,(H2,25,27,28). The third-order valence-corrected chi connectivity index (χ3v) is 6.95. The van der Waals surface area contributed by atoms with E-state index in [-0.39, 0.29) is 10.8 Å². The van der Waals surface area contributed by atoms with E-state index < -0.39 is 11.4 Å². The Morgan fingerprint density at radius 2 is 2.03 bits per heavy atom. The van der Waals surface area contributed by atoms with Gasteiger partial charge in [-0.1, -0.05) is 24.3 Å². The van der Waals surface area contributed by atoms with Crippen LogP contribution in [0.1, 0.15) is 32.9 Å². The van der Waals surface area contributed by atoms with E-state index in [0.29, 0.717) is 18.7 Å². The highest BCUT2D eigenvalue weighted by atomic mass is 32.2. The largest absolute Gasteiger partial charge is 0.598 e. The van der Waals surface area contributed by atoms with Gasteiger partial charge < -0.3 is 10.3 Å². The summed E-state index contributed by atoms with van der Waals surface area (Å²) in [6.07, 6.45) is 6.42. The second-order valence-corrected chi connectivity index (χ2v) is 10.8. The van der Waals surface area contributed by atoms with Crippen molar-refractivity contribution in [2.45, 2.75) is 44.4 Å². The van der Waals surface area contributed by atoms with Crippen LogP contribution < -0.4 is 10.5 Å². The van der Waals surface area contributed by atoms with E-state index in [9.17, 15) is 4.55 Å². The predicted octanol–water partition coefficient (Wildman–Crippen LogP) is 4.07. The van der Waals surface area contributed by atoms with Crippen LogP contribution in [-0.4, -0.2) is 34.9 Å². The minimum Gasteiger partial charge on any atom is -0.598 e. The number of anilines is 1. The minimum absolute atomic E-state index is 0.0653. The molecule has 0 bridgehead atoms. The zero-order valence-corrected chi connectivity index (χ0v) is 19.4. The number of nitrogen functional groups attached to an aromatic ring is 1. The molecule has 3 N–H and O–H groups in total. The maximum atomic E-state index is 12.7. The highest BCUT2D eigenvalue weighted by Gasteiger charge is 2.29. The monoisotopic (exact) mass is 448 g/mol. The first kappa shape index (κ1) is 22.3. The van der Waals surface area contributed by atoms with E-state index in [0.717, 1.165) is 33.2 Å². The summed E-state index contributed by atoms with van der Waals surface area (Å²) in [6, 6.07) is 12.1. The minimum atomic E-state index is -1.20. The lowest BCUT2D eigenvalue weighted by Gasteiger charge is -2.27. The molecule has 0 aliphatic carbocycles. The highest BCUT2D eigenvalue weighted by molar-refractivity contribution is 7.90. The molecular weight excluding hydrogens is 420 g/mol. The Morgan fingerprint density at radius 3 is 2.78 bits per heavy atom. The summed E-state index contributed by atoms with van der Waals surface area (Å²) >= 11 is -1.20. The fourth-order valence-corrected chi connectivity index (χ4v) is 4.51. The molecule has 4 rings (SSSR count). The van der Waals surface area contributed by atoms with Crippen molar-refractivity contribution in [2.75, 3.05) is 5.73 Å². The molecule has 2 unspecified atom stereocenters. The Kier molecular flexibility index (Phi) is 6.19. The van der Waals surface area contributed by atoms with Crippen molar-refractivity contribution in [3.63, 3.8) is 0 Å². The van der Waals surface area contributed by atoms with Crippen LogP contribution in [0.4, 0.5) is 5.82 Å². The molecule has 1 aromatic carbocycles. The van der Waals surface area contributed by atoms with Gasteiger partial charge in [0.05, 0.1) is 11.6 Å². The number of nitrogens with one attached hydrogen (secondary N) is 1. The molecule has 0 amide bonds. The Hall–Kier alpha value is -2.94. The van der Waals surface area contributed by atoms with Gasteiger partial charge in [-0.05, 0) is 45.4 Å². The Morgan fingerprint density at radius 1 is 1.25 bits per heavy atom. The number of benzene rings is 1. The van der Waals surface area contributed by atoms with Crippen LogP contribution in [0.5, 0.6) is 0 Å². The molecule has 0 aliphatic heterocycles. The average molecular weight is 449 g/mol. The molecule has 2 atom stereocenters. The summed E-state index contributed by atoms with van der Waals surface area (Å²) in [4.78, 5) is 8.81. The van der Waals surface area contributed by atoms with Crippen LogP contribution in [0.3, 0.4) is 0 Å². The molecule has 0 saturated heterocycles. The van der Waals surface area contributed by atoms with Crippen molar-refractivity contribution in [3.05, 3.63) is 67.3 Å². The SMILES string of the molecule is C=CCC(Cc1cc(-c2cnc3ccccc3c2)c2c(N)ncnn12)N[S+]([O-])C(C)(C)C. The molecule has 3 heterocycles. The molecule has 0 aliphatic rings. The van der Waals surface area contributed by atoms with Crippen LogP contribution in [0.2, 0.25) is 0 Å².